The van der Waals surface area contributed by atoms with Crippen molar-refractivity contribution in [3.8, 4) is 0 Å². The van der Waals surface area contributed by atoms with E-state index in [1.54, 1.807) is 42.5 Å². The first kappa shape index (κ1) is 24.3. The third-order valence-electron chi connectivity index (χ3n) is 6.88. The van der Waals surface area contributed by atoms with Crippen LogP contribution in [0, 0.1) is 0 Å². The Hall–Kier alpha value is -2.44. The molecule has 1 fully saturated rings. The summed E-state index contributed by atoms with van der Waals surface area (Å²) in [6.07, 6.45) is 4.69. The van der Waals surface area contributed by atoms with Gasteiger partial charge in [-0.2, -0.15) is 0 Å². The molecule has 2 aliphatic rings. The molecule has 1 aromatic heterocycles. The predicted octanol–water partition coefficient (Wildman–Crippen LogP) is 7.05. The monoisotopic (exact) mass is 529 g/mol. The zero-order chi connectivity index (χ0) is 24.6. The highest BCUT2D eigenvalue weighted by molar-refractivity contribution is 6.31. The second-order valence-electron chi connectivity index (χ2n) is 9.12. The maximum absolute atomic E-state index is 14.7. The molecule has 180 valence electrons. The largest absolute Gasteiger partial charge is 0.307 e. The summed E-state index contributed by atoms with van der Waals surface area (Å²) in [5.41, 5.74) is 3.00. The fraction of sp³-hybridized carbons (Fsp3) is 0.259. The van der Waals surface area contributed by atoms with Crippen LogP contribution in [0.4, 0.5) is 10.1 Å². The number of carbonyl (C=O) groups excluding carboxylic acids is 1. The minimum atomic E-state index is -0.223. The number of nitrogens with zero attached hydrogens (tertiary/aromatic N) is 3. The van der Waals surface area contributed by atoms with Gasteiger partial charge in [0.15, 0.2) is 0 Å². The number of benzene rings is 2. The molecule has 2 aliphatic heterocycles. The Morgan fingerprint density at radius 3 is 2.43 bits per heavy atom. The lowest BCUT2D eigenvalue weighted by molar-refractivity contribution is 0.0977. The maximum atomic E-state index is 14.7. The first-order valence-corrected chi connectivity index (χ1v) is 12.5. The summed E-state index contributed by atoms with van der Waals surface area (Å²) < 4.78 is 14.7. The van der Waals surface area contributed by atoms with Crippen molar-refractivity contribution >= 4 is 52.5 Å². The molecule has 2 aromatic carbocycles. The van der Waals surface area contributed by atoms with E-state index < -0.39 is 0 Å². The average Bonchev–Trinajstić information content (AvgIpc) is 3.15. The molecule has 0 atom stereocenters. The molecule has 0 aliphatic carbocycles. The highest BCUT2D eigenvalue weighted by Gasteiger charge is 2.46. The van der Waals surface area contributed by atoms with Gasteiger partial charge in [0.1, 0.15) is 11.0 Å². The Balaban J connectivity index is 1.33. The standard InChI is InChI=1S/C27H23Cl3FN3O/c28-20-3-1-18(2-4-20)13-22(31)16-33-11-8-27(9-12-33)17-34(24-6-5-21(29)15-23(24)27)26(35)19-7-10-32-25(30)14-19/h1-7,10,13-15H,8-9,11-12,16-17H2. The van der Waals surface area contributed by atoms with Crippen LogP contribution in [0.3, 0.4) is 0 Å². The summed E-state index contributed by atoms with van der Waals surface area (Å²) >= 11 is 18.3. The van der Waals surface area contributed by atoms with Crippen LogP contribution in [0.1, 0.15) is 34.3 Å². The van der Waals surface area contributed by atoms with E-state index in [0.717, 1.165) is 42.7 Å². The Labute approximate surface area is 218 Å². The SMILES string of the molecule is O=C(c1ccnc(Cl)c1)N1CC2(CCN(CC(F)=Cc3ccc(Cl)cc3)CC2)c2cc(Cl)ccc21. The Bertz CT molecular complexity index is 1290. The van der Waals surface area contributed by atoms with Crippen molar-refractivity contribution < 1.29 is 9.18 Å². The van der Waals surface area contributed by atoms with Crippen LogP contribution in [0.2, 0.25) is 15.2 Å². The quantitative estimate of drug-likeness (QED) is 0.339. The lowest BCUT2D eigenvalue weighted by Crippen LogP contribution is -2.46. The third kappa shape index (κ3) is 5.10. The van der Waals surface area contributed by atoms with Crippen molar-refractivity contribution in [2.24, 2.45) is 0 Å². The number of likely N-dealkylation sites (tertiary alicyclic amines) is 1. The molecule has 0 unspecified atom stereocenters. The molecule has 0 bridgehead atoms. The van der Waals surface area contributed by atoms with E-state index >= 15 is 0 Å². The maximum Gasteiger partial charge on any atom is 0.258 e. The number of anilines is 1. The number of carbonyl (C=O) groups is 1. The van der Waals surface area contributed by atoms with Crippen LogP contribution in [0.15, 0.2) is 66.6 Å². The molecule has 0 saturated carbocycles. The lowest BCUT2D eigenvalue weighted by atomic mass is 9.74. The minimum Gasteiger partial charge on any atom is -0.307 e. The van der Waals surface area contributed by atoms with Gasteiger partial charge in [-0.25, -0.2) is 9.37 Å². The van der Waals surface area contributed by atoms with E-state index in [2.05, 4.69) is 9.88 Å². The molecular weight excluding hydrogens is 508 g/mol. The van der Waals surface area contributed by atoms with Crippen molar-refractivity contribution in [3.05, 3.63) is 98.5 Å². The molecular formula is C27H23Cl3FN3O. The van der Waals surface area contributed by atoms with Crippen molar-refractivity contribution in [1.29, 1.82) is 0 Å². The minimum absolute atomic E-state index is 0.117. The van der Waals surface area contributed by atoms with Crippen molar-refractivity contribution in [2.75, 3.05) is 31.1 Å². The van der Waals surface area contributed by atoms with Crippen LogP contribution in [0.5, 0.6) is 0 Å². The summed E-state index contributed by atoms with van der Waals surface area (Å²) in [5.74, 6) is -0.307. The fourth-order valence-electron chi connectivity index (χ4n) is 5.08. The first-order chi connectivity index (χ1) is 16.8. The molecule has 5 rings (SSSR count). The van der Waals surface area contributed by atoms with Crippen molar-refractivity contribution in [1.82, 2.24) is 9.88 Å². The van der Waals surface area contributed by atoms with Crippen LogP contribution >= 0.6 is 34.8 Å². The van der Waals surface area contributed by atoms with E-state index in [-0.39, 0.29) is 28.8 Å². The fourth-order valence-corrected chi connectivity index (χ4v) is 5.55. The van der Waals surface area contributed by atoms with Crippen LogP contribution < -0.4 is 4.90 Å². The number of rotatable bonds is 4. The number of pyridine rings is 1. The molecule has 3 heterocycles. The summed E-state index contributed by atoms with van der Waals surface area (Å²) in [7, 11) is 0. The summed E-state index contributed by atoms with van der Waals surface area (Å²) in [4.78, 5) is 21.3. The van der Waals surface area contributed by atoms with Gasteiger partial charge in [-0.1, -0.05) is 46.9 Å². The van der Waals surface area contributed by atoms with Crippen LogP contribution in [0.25, 0.3) is 6.08 Å². The van der Waals surface area contributed by atoms with E-state index in [0.29, 0.717) is 22.2 Å². The molecule has 0 N–H and O–H groups in total. The number of amides is 1. The third-order valence-corrected chi connectivity index (χ3v) is 7.58. The predicted molar refractivity (Wildman–Crippen MR) is 140 cm³/mol. The topological polar surface area (TPSA) is 36.4 Å². The molecule has 1 amide bonds. The molecule has 1 spiro atoms. The second-order valence-corrected chi connectivity index (χ2v) is 10.4. The molecule has 35 heavy (non-hydrogen) atoms. The Morgan fingerprint density at radius 2 is 1.71 bits per heavy atom. The normalized spacial score (nSPS) is 17.6. The van der Waals surface area contributed by atoms with Gasteiger partial charge < -0.3 is 4.90 Å². The number of fused-ring (bicyclic) bond motifs is 2. The van der Waals surface area contributed by atoms with Gasteiger partial charge in [-0.3, -0.25) is 9.69 Å². The van der Waals surface area contributed by atoms with Crippen LogP contribution in [-0.4, -0.2) is 42.0 Å². The first-order valence-electron chi connectivity index (χ1n) is 11.4. The summed E-state index contributed by atoms with van der Waals surface area (Å²) in [6, 6.07) is 16.1. The molecule has 4 nitrogen and oxygen atoms in total. The molecule has 1 saturated heterocycles. The highest BCUT2D eigenvalue weighted by Crippen LogP contribution is 2.48. The van der Waals surface area contributed by atoms with E-state index in [1.165, 1.54) is 6.20 Å². The van der Waals surface area contributed by atoms with E-state index in [1.807, 2.05) is 23.1 Å². The van der Waals surface area contributed by atoms with Crippen molar-refractivity contribution in [3.63, 3.8) is 0 Å². The smallest absolute Gasteiger partial charge is 0.258 e. The molecule has 8 heteroatoms. The summed E-state index contributed by atoms with van der Waals surface area (Å²) in [5, 5.41) is 1.55. The van der Waals surface area contributed by atoms with Gasteiger partial charge in [0.25, 0.3) is 5.91 Å². The van der Waals surface area contributed by atoms with E-state index in [4.69, 9.17) is 34.8 Å². The number of aromatic nitrogens is 1. The molecule has 0 radical (unpaired) electrons. The zero-order valence-electron chi connectivity index (χ0n) is 18.9. The Kier molecular flexibility index (Phi) is 6.86. The van der Waals surface area contributed by atoms with Gasteiger partial charge in [-0.05, 0) is 85.6 Å². The van der Waals surface area contributed by atoms with Gasteiger partial charge in [0.2, 0.25) is 0 Å². The van der Waals surface area contributed by atoms with Gasteiger partial charge in [-0.15, -0.1) is 0 Å². The zero-order valence-corrected chi connectivity index (χ0v) is 21.1. The summed E-state index contributed by atoms with van der Waals surface area (Å²) in [6.45, 7) is 2.24. The number of halogens is 4. The van der Waals surface area contributed by atoms with Crippen LogP contribution in [-0.2, 0) is 5.41 Å². The second kappa shape index (κ2) is 9.90. The Morgan fingerprint density at radius 1 is 1.00 bits per heavy atom. The number of piperidine rings is 1. The van der Waals surface area contributed by atoms with E-state index in [9.17, 15) is 9.18 Å². The molecule has 3 aromatic rings. The van der Waals surface area contributed by atoms with Crippen molar-refractivity contribution in [2.45, 2.75) is 18.3 Å². The van der Waals surface area contributed by atoms with Gasteiger partial charge >= 0.3 is 0 Å². The highest BCUT2D eigenvalue weighted by atomic mass is 35.5. The van der Waals surface area contributed by atoms with Gasteiger partial charge in [0, 0.05) is 39.5 Å². The van der Waals surface area contributed by atoms with Gasteiger partial charge in [0.05, 0.1) is 6.54 Å². The lowest BCUT2D eigenvalue weighted by Gasteiger charge is -2.39. The number of hydrogen-bond acceptors (Lipinski definition) is 3. The average molecular weight is 531 g/mol. The number of hydrogen-bond donors (Lipinski definition) is 0.